The van der Waals surface area contributed by atoms with Crippen LogP contribution >= 0.6 is 45.9 Å². The smallest absolute Gasteiger partial charge is 0.261 e. The molecule has 0 fully saturated rings. The second-order valence-corrected chi connectivity index (χ2v) is 6.61. The lowest BCUT2D eigenvalue weighted by Crippen LogP contribution is -2.49. The molecule has 0 spiro atoms. The molecule has 0 aliphatic heterocycles. The van der Waals surface area contributed by atoms with E-state index in [0.717, 1.165) is 9.40 Å². The van der Waals surface area contributed by atoms with Gasteiger partial charge in [-0.05, 0) is 24.4 Å². The van der Waals surface area contributed by atoms with E-state index >= 15 is 0 Å². The minimum Gasteiger partial charge on any atom is -0.344 e. The van der Waals surface area contributed by atoms with Crippen molar-refractivity contribution in [2.45, 2.75) is 12.5 Å². The summed E-state index contributed by atoms with van der Waals surface area (Å²) in [6, 6.07) is 3.92. The fraction of sp³-hybridized carbons (Fsp3) is 0.364. The standard InChI is InChI=1S/C11H11Cl2NOS2/c1-11(5-12,6-13)14-10(15)9-4-8-7(17-9)2-3-16-8/h2-4H,5-6H2,1H3,(H,14,15). The minimum atomic E-state index is -0.558. The van der Waals surface area contributed by atoms with E-state index in [-0.39, 0.29) is 5.91 Å². The molecule has 0 aliphatic rings. The maximum Gasteiger partial charge on any atom is 0.261 e. The molecule has 0 aliphatic carbocycles. The number of amides is 1. The van der Waals surface area contributed by atoms with Crippen LogP contribution in [0.25, 0.3) is 9.40 Å². The topological polar surface area (TPSA) is 29.1 Å². The summed E-state index contributed by atoms with van der Waals surface area (Å²) in [5.41, 5.74) is -0.558. The van der Waals surface area contributed by atoms with Crippen LogP contribution in [0.4, 0.5) is 0 Å². The molecule has 6 heteroatoms. The molecule has 0 radical (unpaired) electrons. The van der Waals surface area contributed by atoms with Gasteiger partial charge in [0.1, 0.15) is 0 Å². The van der Waals surface area contributed by atoms with Gasteiger partial charge >= 0.3 is 0 Å². The van der Waals surface area contributed by atoms with Crippen molar-refractivity contribution in [3.05, 3.63) is 22.4 Å². The SMILES string of the molecule is CC(CCl)(CCl)NC(=O)c1cc2sccc2s1. The van der Waals surface area contributed by atoms with Crippen molar-refractivity contribution in [1.82, 2.24) is 5.32 Å². The Balaban J connectivity index is 2.18. The Bertz CT molecular complexity index is 502. The summed E-state index contributed by atoms with van der Waals surface area (Å²) >= 11 is 14.7. The van der Waals surface area contributed by atoms with Crippen LogP contribution in [-0.4, -0.2) is 23.2 Å². The van der Waals surface area contributed by atoms with Gasteiger partial charge in [0.25, 0.3) is 5.91 Å². The first-order chi connectivity index (χ1) is 8.08. The third-order valence-electron chi connectivity index (χ3n) is 2.37. The fourth-order valence-electron chi connectivity index (χ4n) is 1.32. The summed E-state index contributed by atoms with van der Waals surface area (Å²) < 4.78 is 2.28. The number of hydrogen-bond acceptors (Lipinski definition) is 3. The predicted octanol–water partition coefficient (Wildman–Crippen LogP) is 3.93. The summed E-state index contributed by atoms with van der Waals surface area (Å²) in [6.07, 6.45) is 0. The molecule has 2 aromatic heterocycles. The average molecular weight is 308 g/mol. The number of thiophene rings is 2. The van der Waals surface area contributed by atoms with E-state index < -0.39 is 5.54 Å². The van der Waals surface area contributed by atoms with Crippen LogP contribution in [0.3, 0.4) is 0 Å². The zero-order valence-electron chi connectivity index (χ0n) is 9.13. The van der Waals surface area contributed by atoms with Crippen molar-refractivity contribution in [1.29, 1.82) is 0 Å². The van der Waals surface area contributed by atoms with Crippen LogP contribution in [0.5, 0.6) is 0 Å². The molecule has 0 saturated heterocycles. The summed E-state index contributed by atoms with van der Waals surface area (Å²) in [5, 5.41) is 4.89. The number of halogens is 2. The normalized spacial score (nSPS) is 11.9. The number of carbonyl (C=O) groups excluding carboxylic acids is 1. The zero-order chi connectivity index (χ0) is 12.5. The third-order valence-corrected chi connectivity index (χ3v) is 5.64. The molecule has 0 unspecified atom stereocenters. The van der Waals surface area contributed by atoms with Crippen molar-refractivity contribution in [2.24, 2.45) is 0 Å². The molecular formula is C11H11Cl2NOS2. The lowest BCUT2D eigenvalue weighted by molar-refractivity contribution is 0.0925. The van der Waals surface area contributed by atoms with Crippen molar-refractivity contribution < 1.29 is 4.79 Å². The number of nitrogens with one attached hydrogen (secondary N) is 1. The Morgan fingerprint density at radius 1 is 1.41 bits per heavy atom. The first-order valence-corrected chi connectivity index (χ1v) is 7.76. The highest BCUT2D eigenvalue weighted by Crippen LogP contribution is 2.30. The van der Waals surface area contributed by atoms with Crippen molar-refractivity contribution in [3.8, 4) is 0 Å². The highest BCUT2D eigenvalue weighted by molar-refractivity contribution is 7.27. The van der Waals surface area contributed by atoms with Gasteiger partial charge in [0.05, 0.1) is 10.4 Å². The molecule has 0 saturated carbocycles. The maximum absolute atomic E-state index is 12.0. The van der Waals surface area contributed by atoms with Crippen LogP contribution in [0.15, 0.2) is 17.5 Å². The second-order valence-electron chi connectivity index (χ2n) is 4.04. The summed E-state index contributed by atoms with van der Waals surface area (Å²) in [5.74, 6) is 0.478. The molecule has 92 valence electrons. The molecule has 2 heterocycles. The van der Waals surface area contributed by atoms with Gasteiger partial charge in [0.2, 0.25) is 0 Å². The number of fused-ring (bicyclic) bond motifs is 1. The molecule has 0 atom stereocenters. The largest absolute Gasteiger partial charge is 0.344 e. The Morgan fingerprint density at radius 3 is 2.71 bits per heavy atom. The predicted molar refractivity (Wildman–Crippen MR) is 77.0 cm³/mol. The molecule has 2 aromatic rings. The Morgan fingerprint density at radius 2 is 2.12 bits per heavy atom. The quantitative estimate of drug-likeness (QED) is 0.852. The van der Waals surface area contributed by atoms with E-state index in [1.165, 1.54) is 11.3 Å². The van der Waals surface area contributed by atoms with Gasteiger partial charge in [-0.3, -0.25) is 4.79 Å². The summed E-state index contributed by atoms with van der Waals surface area (Å²) in [4.78, 5) is 12.7. The number of hydrogen-bond donors (Lipinski definition) is 1. The molecule has 0 aromatic carbocycles. The molecule has 17 heavy (non-hydrogen) atoms. The molecule has 1 N–H and O–H groups in total. The van der Waals surface area contributed by atoms with Crippen molar-refractivity contribution >= 4 is 61.2 Å². The zero-order valence-corrected chi connectivity index (χ0v) is 12.3. The first kappa shape index (κ1) is 13.1. The average Bonchev–Trinajstić information content (AvgIpc) is 2.88. The maximum atomic E-state index is 12.0. The minimum absolute atomic E-state index is 0.109. The highest BCUT2D eigenvalue weighted by Gasteiger charge is 2.25. The van der Waals surface area contributed by atoms with E-state index in [0.29, 0.717) is 16.6 Å². The Kier molecular flexibility index (Phi) is 3.98. The summed E-state index contributed by atoms with van der Waals surface area (Å²) in [6.45, 7) is 1.83. The van der Waals surface area contributed by atoms with Gasteiger partial charge in [-0.2, -0.15) is 0 Å². The van der Waals surface area contributed by atoms with Gasteiger partial charge in [-0.15, -0.1) is 45.9 Å². The van der Waals surface area contributed by atoms with Gasteiger partial charge in [0.15, 0.2) is 0 Å². The monoisotopic (exact) mass is 307 g/mol. The van der Waals surface area contributed by atoms with E-state index in [1.54, 1.807) is 11.3 Å². The molecule has 0 bridgehead atoms. The van der Waals surface area contributed by atoms with E-state index in [2.05, 4.69) is 5.32 Å². The third kappa shape index (κ3) is 2.76. The molecule has 1 amide bonds. The Labute approximate surface area is 118 Å². The van der Waals surface area contributed by atoms with Gasteiger partial charge in [0, 0.05) is 21.2 Å². The Hall–Kier alpha value is -0.290. The number of alkyl halides is 2. The van der Waals surface area contributed by atoms with Crippen molar-refractivity contribution in [2.75, 3.05) is 11.8 Å². The van der Waals surface area contributed by atoms with Crippen LogP contribution < -0.4 is 5.32 Å². The van der Waals surface area contributed by atoms with Crippen LogP contribution in [0.1, 0.15) is 16.6 Å². The summed E-state index contributed by atoms with van der Waals surface area (Å²) in [7, 11) is 0. The lowest BCUT2D eigenvalue weighted by Gasteiger charge is -2.25. The number of carbonyl (C=O) groups is 1. The number of rotatable bonds is 4. The van der Waals surface area contributed by atoms with Gasteiger partial charge in [-0.1, -0.05) is 0 Å². The van der Waals surface area contributed by atoms with Crippen LogP contribution in [0.2, 0.25) is 0 Å². The molecule has 2 nitrogen and oxygen atoms in total. The van der Waals surface area contributed by atoms with E-state index in [4.69, 9.17) is 23.2 Å². The first-order valence-electron chi connectivity index (χ1n) is 4.99. The second kappa shape index (κ2) is 5.14. The van der Waals surface area contributed by atoms with Gasteiger partial charge in [-0.25, -0.2) is 0 Å². The fourth-order valence-corrected chi connectivity index (χ4v) is 3.74. The van der Waals surface area contributed by atoms with Crippen LogP contribution in [0, 0.1) is 0 Å². The van der Waals surface area contributed by atoms with Crippen LogP contribution in [-0.2, 0) is 0 Å². The van der Waals surface area contributed by atoms with Gasteiger partial charge < -0.3 is 5.32 Å². The van der Waals surface area contributed by atoms with E-state index in [9.17, 15) is 4.79 Å². The molecular weight excluding hydrogens is 297 g/mol. The van der Waals surface area contributed by atoms with E-state index in [1.807, 2.05) is 24.4 Å². The highest BCUT2D eigenvalue weighted by atomic mass is 35.5. The van der Waals surface area contributed by atoms with Crippen molar-refractivity contribution in [3.63, 3.8) is 0 Å². The molecule has 2 rings (SSSR count). The lowest BCUT2D eigenvalue weighted by atomic mass is 10.1.